The van der Waals surface area contributed by atoms with E-state index < -0.39 is 15.8 Å². The Kier molecular flexibility index (Phi) is 9.49. The van der Waals surface area contributed by atoms with Gasteiger partial charge in [-0.2, -0.15) is 0 Å². The van der Waals surface area contributed by atoms with Gasteiger partial charge in [-0.05, 0) is 10.6 Å². The molecule has 0 saturated heterocycles. The minimum atomic E-state index is -0.518. The van der Waals surface area contributed by atoms with E-state index >= 15 is 0 Å². The maximum atomic E-state index is 2.67. The van der Waals surface area contributed by atoms with Gasteiger partial charge in [0.15, 0.2) is 0 Å². The standard InChI is InChI=1S/C28H27P2.Ni/c1-2-24(30(27-19-11-5-12-20-27)28-21-13-6-14-22-28)23-29(25-15-7-3-8-16-25)26-17-9-4-10-18-26;/h3-24H,2H2,1H3;/q-1;. The fourth-order valence-corrected chi connectivity index (χ4v) is 9.27. The monoisotopic (exact) mass is 483 g/mol. The third-order valence-corrected chi connectivity index (χ3v) is 10.7. The second kappa shape index (κ2) is 12.3. The Labute approximate surface area is 199 Å². The molecule has 4 aromatic rings. The molecule has 0 bridgehead atoms. The molecule has 0 spiro atoms. The molecule has 4 rings (SSSR count). The molecular formula is C28H27NiP2-. The first-order valence-corrected chi connectivity index (χ1v) is 13.3. The molecule has 1 atom stereocenters. The summed E-state index contributed by atoms with van der Waals surface area (Å²) in [4.78, 5) is 0. The first-order chi connectivity index (χ1) is 14.9. The molecule has 160 valence electrons. The van der Waals surface area contributed by atoms with Crippen LogP contribution in [-0.4, -0.2) is 5.66 Å². The predicted octanol–water partition coefficient (Wildman–Crippen LogP) is 6.19. The molecule has 4 aromatic carbocycles. The van der Waals surface area contributed by atoms with Gasteiger partial charge in [0, 0.05) is 16.5 Å². The Morgan fingerprint density at radius 1 is 0.548 bits per heavy atom. The second-order valence-corrected chi connectivity index (χ2v) is 11.7. The number of benzene rings is 4. The van der Waals surface area contributed by atoms with Gasteiger partial charge in [0.05, 0.1) is 0 Å². The van der Waals surface area contributed by atoms with Crippen LogP contribution in [0.15, 0.2) is 121 Å². The fraction of sp³-hybridized carbons (Fsp3) is 0.107. The average molecular weight is 484 g/mol. The quantitative estimate of drug-likeness (QED) is 0.159. The largest absolute Gasteiger partial charge is 0.286 e. The van der Waals surface area contributed by atoms with Crippen molar-refractivity contribution in [3.8, 4) is 0 Å². The van der Waals surface area contributed by atoms with Crippen LogP contribution in [-0.2, 0) is 16.5 Å². The molecule has 0 N–H and O–H groups in total. The van der Waals surface area contributed by atoms with Crippen LogP contribution < -0.4 is 21.2 Å². The van der Waals surface area contributed by atoms with E-state index in [2.05, 4.69) is 134 Å². The van der Waals surface area contributed by atoms with Crippen molar-refractivity contribution in [3.63, 3.8) is 0 Å². The molecule has 0 aromatic heterocycles. The minimum absolute atomic E-state index is 0. The molecule has 0 aliphatic heterocycles. The Morgan fingerprint density at radius 2 is 0.871 bits per heavy atom. The molecule has 0 heterocycles. The van der Waals surface area contributed by atoms with Crippen molar-refractivity contribution < 1.29 is 16.5 Å². The summed E-state index contributed by atoms with van der Waals surface area (Å²) in [5.74, 6) is 0. The van der Waals surface area contributed by atoms with E-state index in [1.165, 1.54) is 21.2 Å². The van der Waals surface area contributed by atoms with E-state index in [9.17, 15) is 0 Å². The number of hydrogen-bond acceptors (Lipinski definition) is 0. The third kappa shape index (κ3) is 6.14. The molecule has 0 aliphatic rings. The van der Waals surface area contributed by atoms with Gasteiger partial charge in [0.1, 0.15) is 0 Å². The van der Waals surface area contributed by atoms with Crippen LogP contribution in [0.4, 0.5) is 0 Å². The molecule has 0 aliphatic carbocycles. The maximum absolute atomic E-state index is 2.67. The van der Waals surface area contributed by atoms with Gasteiger partial charge in [-0.15, -0.1) is 5.66 Å². The minimum Gasteiger partial charge on any atom is -0.286 e. The third-order valence-electron chi connectivity index (χ3n) is 5.21. The van der Waals surface area contributed by atoms with Gasteiger partial charge < -0.3 is 0 Å². The zero-order valence-electron chi connectivity index (χ0n) is 17.6. The molecule has 0 nitrogen and oxygen atoms in total. The van der Waals surface area contributed by atoms with Crippen molar-refractivity contribution in [1.82, 2.24) is 0 Å². The van der Waals surface area contributed by atoms with Crippen molar-refractivity contribution in [3.05, 3.63) is 127 Å². The Morgan fingerprint density at radius 3 is 1.19 bits per heavy atom. The van der Waals surface area contributed by atoms with Crippen LogP contribution in [0.25, 0.3) is 0 Å². The van der Waals surface area contributed by atoms with Crippen LogP contribution in [0.5, 0.6) is 0 Å². The van der Waals surface area contributed by atoms with E-state index in [0.717, 1.165) is 6.42 Å². The Bertz CT molecular complexity index is 929. The van der Waals surface area contributed by atoms with E-state index in [0.29, 0.717) is 5.66 Å². The van der Waals surface area contributed by atoms with Crippen LogP contribution in [0, 0.1) is 6.16 Å². The molecule has 1 unspecified atom stereocenters. The average Bonchev–Trinajstić information content (AvgIpc) is 2.84. The van der Waals surface area contributed by atoms with Gasteiger partial charge in [-0.3, -0.25) is 6.16 Å². The van der Waals surface area contributed by atoms with E-state index in [1.54, 1.807) is 0 Å². The molecule has 0 saturated carbocycles. The normalized spacial score (nSPS) is 11.8. The van der Waals surface area contributed by atoms with Crippen LogP contribution >= 0.6 is 15.8 Å². The fourth-order valence-electron chi connectivity index (χ4n) is 3.73. The SMILES string of the molecule is CCC([CH-]P(c1ccccc1)c1ccccc1)P(c1ccccc1)c1ccccc1.[Ni]. The smallest absolute Gasteiger partial charge is 0 e. The van der Waals surface area contributed by atoms with Gasteiger partial charge in [0.25, 0.3) is 0 Å². The summed E-state index contributed by atoms with van der Waals surface area (Å²) in [6, 6.07) is 44.2. The molecular weight excluding hydrogens is 457 g/mol. The van der Waals surface area contributed by atoms with E-state index in [1.807, 2.05) is 0 Å². The first kappa shape index (κ1) is 23.9. The Balaban J connectivity index is 0.00000272. The van der Waals surface area contributed by atoms with Crippen molar-refractivity contribution in [2.45, 2.75) is 19.0 Å². The summed E-state index contributed by atoms with van der Waals surface area (Å²) in [7, 11) is -0.985. The number of hydrogen-bond donors (Lipinski definition) is 0. The van der Waals surface area contributed by atoms with Crippen LogP contribution in [0.1, 0.15) is 13.3 Å². The summed E-state index contributed by atoms with van der Waals surface area (Å²) in [6.07, 6.45) is 3.81. The van der Waals surface area contributed by atoms with Gasteiger partial charge >= 0.3 is 0 Å². The summed E-state index contributed by atoms with van der Waals surface area (Å²) < 4.78 is 0. The van der Waals surface area contributed by atoms with Crippen molar-refractivity contribution in [1.29, 1.82) is 0 Å². The van der Waals surface area contributed by atoms with Crippen LogP contribution in [0.2, 0.25) is 0 Å². The first-order valence-electron chi connectivity index (χ1n) is 10.5. The van der Waals surface area contributed by atoms with E-state index in [4.69, 9.17) is 0 Å². The van der Waals surface area contributed by atoms with Gasteiger partial charge in [0.2, 0.25) is 0 Å². The zero-order valence-corrected chi connectivity index (χ0v) is 20.4. The van der Waals surface area contributed by atoms with Crippen molar-refractivity contribution >= 4 is 37.1 Å². The number of rotatable bonds is 8. The second-order valence-electron chi connectivity index (χ2n) is 7.21. The summed E-state index contributed by atoms with van der Waals surface area (Å²) in [5.41, 5.74) is 0.510. The summed E-state index contributed by atoms with van der Waals surface area (Å²) in [6.45, 7) is 2.34. The van der Waals surface area contributed by atoms with Crippen molar-refractivity contribution in [2.75, 3.05) is 0 Å². The molecule has 0 amide bonds. The summed E-state index contributed by atoms with van der Waals surface area (Å²) >= 11 is 0. The van der Waals surface area contributed by atoms with Crippen molar-refractivity contribution in [2.24, 2.45) is 0 Å². The maximum Gasteiger partial charge on any atom is 0 e. The molecule has 3 heteroatoms. The Hall–Kier alpha value is -1.77. The molecule has 31 heavy (non-hydrogen) atoms. The summed E-state index contributed by atoms with van der Waals surface area (Å²) in [5, 5.41) is 5.76. The van der Waals surface area contributed by atoms with Crippen LogP contribution in [0.3, 0.4) is 0 Å². The molecule has 0 fully saturated rings. The molecule has 0 radical (unpaired) electrons. The predicted molar refractivity (Wildman–Crippen MR) is 137 cm³/mol. The topological polar surface area (TPSA) is 0 Å². The van der Waals surface area contributed by atoms with Gasteiger partial charge in [-0.1, -0.05) is 153 Å². The zero-order chi connectivity index (χ0) is 20.6. The van der Waals surface area contributed by atoms with E-state index in [-0.39, 0.29) is 16.5 Å². The van der Waals surface area contributed by atoms with Gasteiger partial charge in [-0.25, -0.2) is 7.92 Å².